The van der Waals surface area contributed by atoms with Crippen molar-refractivity contribution < 1.29 is 19.1 Å². The maximum absolute atomic E-state index is 12.0. The standard InChI is InChI=1S/C18H20N2O4/c1-23-14-7-5-6-13(10-14)11-20-17(21)12-19-16-9-4-3-8-15(16)18(22)24-2/h3-10,19H,11-12H2,1-2H3,(H,20,21). The molecule has 0 aliphatic rings. The van der Waals surface area contributed by atoms with E-state index in [0.717, 1.165) is 11.3 Å². The van der Waals surface area contributed by atoms with Crippen molar-refractivity contribution in [2.24, 2.45) is 0 Å². The van der Waals surface area contributed by atoms with Crippen molar-refractivity contribution in [1.29, 1.82) is 0 Å². The van der Waals surface area contributed by atoms with Crippen LogP contribution in [0.1, 0.15) is 15.9 Å². The normalized spacial score (nSPS) is 9.92. The van der Waals surface area contributed by atoms with E-state index in [0.29, 0.717) is 17.8 Å². The van der Waals surface area contributed by atoms with Crippen LogP contribution in [0.5, 0.6) is 5.75 Å². The molecule has 0 saturated heterocycles. The van der Waals surface area contributed by atoms with Crippen LogP contribution in [0.15, 0.2) is 48.5 Å². The quantitative estimate of drug-likeness (QED) is 0.762. The Bertz CT molecular complexity index is 716. The summed E-state index contributed by atoms with van der Waals surface area (Å²) in [6, 6.07) is 14.4. The van der Waals surface area contributed by atoms with Crippen LogP contribution < -0.4 is 15.4 Å². The topological polar surface area (TPSA) is 76.7 Å². The summed E-state index contributed by atoms with van der Waals surface area (Å²) in [5.74, 6) is 0.110. The Balaban J connectivity index is 1.88. The van der Waals surface area contributed by atoms with Crippen LogP contribution in [0.2, 0.25) is 0 Å². The Hall–Kier alpha value is -3.02. The molecule has 0 aliphatic heterocycles. The van der Waals surface area contributed by atoms with E-state index in [9.17, 15) is 9.59 Å². The SMILES string of the molecule is COC(=O)c1ccccc1NCC(=O)NCc1cccc(OC)c1. The van der Waals surface area contributed by atoms with Gasteiger partial charge in [0.15, 0.2) is 0 Å². The van der Waals surface area contributed by atoms with E-state index >= 15 is 0 Å². The van der Waals surface area contributed by atoms with Crippen molar-refractivity contribution in [3.8, 4) is 5.75 Å². The first kappa shape index (κ1) is 17.3. The zero-order chi connectivity index (χ0) is 17.4. The Labute approximate surface area is 140 Å². The summed E-state index contributed by atoms with van der Waals surface area (Å²) in [5, 5.41) is 5.76. The van der Waals surface area contributed by atoms with Gasteiger partial charge < -0.3 is 20.1 Å². The molecule has 0 atom stereocenters. The second kappa shape index (κ2) is 8.57. The maximum Gasteiger partial charge on any atom is 0.339 e. The van der Waals surface area contributed by atoms with Gasteiger partial charge >= 0.3 is 5.97 Å². The molecular formula is C18H20N2O4. The van der Waals surface area contributed by atoms with Gasteiger partial charge in [-0.1, -0.05) is 24.3 Å². The smallest absolute Gasteiger partial charge is 0.339 e. The number of hydrogen-bond acceptors (Lipinski definition) is 5. The summed E-state index contributed by atoms with van der Waals surface area (Å²) < 4.78 is 9.86. The third-order valence-corrected chi connectivity index (χ3v) is 3.40. The maximum atomic E-state index is 12.0. The van der Waals surface area contributed by atoms with Crippen LogP contribution in [0.3, 0.4) is 0 Å². The van der Waals surface area contributed by atoms with Gasteiger partial charge in [-0.25, -0.2) is 4.79 Å². The van der Waals surface area contributed by atoms with Crippen LogP contribution in [-0.4, -0.2) is 32.6 Å². The van der Waals surface area contributed by atoms with E-state index in [2.05, 4.69) is 10.6 Å². The van der Waals surface area contributed by atoms with Crippen molar-refractivity contribution in [3.63, 3.8) is 0 Å². The highest BCUT2D eigenvalue weighted by molar-refractivity contribution is 5.96. The van der Waals surface area contributed by atoms with E-state index in [1.54, 1.807) is 31.4 Å². The average molecular weight is 328 g/mol. The van der Waals surface area contributed by atoms with Gasteiger partial charge in [0.05, 0.1) is 26.3 Å². The predicted octanol–water partition coefficient (Wildman–Crippen LogP) is 2.21. The van der Waals surface area contributed by atoms with Crippen molar-refractivity contribution in [3.05, 3.63) is 59.7 Å². The number of ether oxygens (including phenoxy) is 2. The number of methoxy groups -OCH3 is 2. The zero-order valence-corrected chi connectivity index (χ0v) is 13.7. The molecule has 0 aliphatic carbocycles. The molecule has 2 aromatic rings. The first-order chi connectivity index (χ1) is 11.6. The summed E-state index contributed by atoms with van der Waals surface area (Å²) in [4.78, 5) is 23.6. The first-order valence-electron chi connectivity index (χ1n) is 7.45. The van der Waals surface area contributed by atoms with Gasteiger partial charge in [-0.15, -0.1) is 0 Å². The van der Waals surface area contributed by atoms with Gasteiger partial charge in [0.25, 0.3) is 0 Å². The van der Waals surface area contributed by atoms with Gasteiger partial charge in [0.1, 0.15) is 5.75 Å². The predicted molar refractivity (Wildman–Crippen MR) is 91.1 cm³/mol. The minimum atomic E-state index is -0.449. The lowest BCUT2D eigenvalue weighted by molar-refractivity contribution is -0.119. The Morgan fingerprint density at radius 2 is 1.83 bits per heavy atom. The molecule has 2 rings (SSSR count). The molecule has 2 N–H and O–H groups in total. The lowest BCUT2D eigenvalue weighted by Crippen LogP contribution is -2.29. The number of benzene rings is 2. The van der Waals surface area contributed by atoms with Gasteiger partial charge in [0.2, 0.25) is 5.91 Å². The number of esters is 1. The van der Waals surface area contributed by atoms with Gasteiger partial charge in [-0.2, -0.15) is 0 Å². The molecule has 24 heavy (non-hydrogen) atoms. The summed E-state index contributed by atoms with van der Waals surface area (Å²) in [5.41, 5.74) is 1.89. The Morgan fingerprint density at radius 1 is 1.04 bits per heavy atom. The molecule has 0 bridgehead atoms. The number of nitrogens with one attached hydrogen (secondary N) is 2. The van der Waals surface area contributed by atoms with Gasteiger partial charge in [-0.05, 0) is 29.8 Å². The summed E-state index contributed by atoms with van der Waals surface area (Å²) in [7, 11) is 2.92. The highest BCUT2D eigenvalue weighted by Gasteiger charge is 2.11. The summed E-state index contributed by atoms with van der Waals surface area (Å²) in [6.45, 7) is 0.453. The molecule has 0 aromatic heterocycles. The molecule has 6 nitrogen and oxygen atoms in total. The van der Waals surface area contributed by atoms with Crippen LogP contribution in [0, 0.1) is 0 Å². The number of para-hydroxylation sites is 1. The number of amides is 1. The summed E-state index contributed by atoms with van der Waals surface area (Å²) >= 11 is 0. The van der Waals surface area contributed by atoms with E-state index in [-0.39, 0.29) is 12.5 Å². The van der Waals surface area contributed by atoms with E-state index in [4.69, 9.17) is 9.47 Å². The monoisotopic (exact) mass is 328 g/mol. The lowest BCUT2D eigenvalue weighted by Gasteiger charge is -2.11. The first-order valence-corrected chi connectivity index (χ1v) is 7.45. The van der Waals surface area contributed by atoms with Crippen molar-refractivity contribution in [2.75, 3.05) is 26.1 Å². The van der Waals surface area contributed by atoms with Crippen LogP contribution >= 0.6 is 0 Å². The van der Waals surface area contributed by atoms with Crippen LogP contribution in [-0.2, 0) is 16.1 Å². The average Bonchev–Trinajstić information content (AvgIpc) is 2.64. The largest absolute Gasteiger partial charge is 0.497 e. The fourth-order valence-corrected chi connectivity index (χ4v) is 2.15. The zero-order valence-electron chi connectivity index (χ0n) is 13.7. The van der Waals surface area contributed by atoms with Crippen molar-refractivity contribution >= 4 is 17.6 Å². The third-order valence-electron chi connectivity index (χ3n) is 3.40. The highest BCUT2D eigenvalue weighted by Crippen LogP contribution is 2.15. The molecule has 126 valence electrons. The van der Waals surface area contributed by atoms with E-state index in [1.165, 1.54) is 7.11 Å². The molecule has 0 heterocycles. The molecule has 6 heteroatoms. The number of carbonyl (C=O) groups excluding carboxylic acids is 2. The lowest BCUT2D eigenvalue weighted by atomic mass is 10.2. The third kappa shape index (κ3) is 4.74. The molecule has 0 radical (unpaired) electrons. The van der Waals surface area contributed by atoms with E-state index in [1.807, 2.05) is 24.3 Å². The Kier molecular flexibility index (Phi) is 6.19. The Morgan fingerprint density at radius 3 is 2.58 bits per heavy atom. The fraction of sp³-hybridized carbons (Fsp3) is 0.222. The molecule has 0 unspecified atom stereocenters. The fourth-order valence-electron chi connectivity index (χ4n) is 2.15. The van der Waals surface area contributed by atoms with Gasteiger partial charge in [-0.3, -0.25) is 4.79 Å². The number of rotatable bonds is 7. The number of carbonyl (C=O) groups is 2. The molecule has 0 fully saturated rings. The minimum absolute atomic E-state index is 0.0535. The van der Waals surface area contributed by atoms with Crippen molar-refractivity contribution in [1.82, 2.24) is 5.32 Å². The van der Waals surface area contributed by atoms with Crippen LogP contribution in [0.4, 0.5) is 5.69 Å². The number of hydrogen-bond donors (Lipinski definition) is 2. The molecular weight excluding hydrogens is 308 g/mol. The minimum Gasteiger partial charge on any atom is -0.497 e. The molecule has 2 aromatic carbocycles. The molecule has 1 amide bonds. The van der Waals surface area contributed by atoms with Crippen LogP contribution in [0.25, 0.3) is 0 Å². The summed E-state index contributed by atoms with van der Waals surface area (Å²) in [6.07, 6.45) is 0. The number of anilines is 1. The highest BCUT2D eigenvalue weighted by atomic mass is 16.5. The second-order valence-corrected chi connectivity index (χ2v) is 5.02. The molecule has 0 spiro atoms. The van der Waals surface area contributed by atoms with Gasteiger partial charge in [0, 0.05) is 12.2 Å². The second-order valence-electron chi connectivity index (χ2n) is 5.02. The molecule has 0 saturated carbocycles. The van der Waals surface area contributed by atoms with Crippen molar-refractivity contribution in [2.45, 2.75) is 6.54 Å². The van der Waals surface area contributed by atoms with E-state index < -0.39 is 5.97 Å².